The third-order valence-corrected chi connectivity index (χ3v) is 2.56. The fraction of sp³-hybridized carbons (Fsp3) is 0.0588. The Hall–Kier alpha value is -0.461. The van der Waals surface area contributed by atoms with E-state index in [2.05, 4.69) is 43.1 Å². The van der Waals surface area contributed by atoms with Crippen molar-refractivity contribution in [3.8, 4) is 0 Å². The maximum atomic E-state index is 3.35. The van der Waals surface area contributed by atoms with Gasteiger partial charge in [-0.05, 0) is 69.9 Å². The van der Waals surface area contributed by atoms with Gasteiger partial charge in [-0.1, -0.05) is 18.2 Å². The van der Waals surface area contributed by atoms with Gasteiger partial charge in [0.2, 0.25) is 0 Å². The van der Waals surface area contributed by atoms with Crippen molar-refractivity contribution in [3.63, 3.8) is 0 Å². The number of hydrogen-bond donors (Lipinski definition) is 1. The van der Waals surface area contributed by atoms with Crippen molar-refractivity contribution in [1.29, 1.82) is 0 Å². The molecule has 0 aromatic heterocycles. The zero-order valence-electron chi connectivity index (χ0n) is 10.6. The topological polar surface area (TPSA) is 12.0 Å². The van der Waals surface area contributed by atoms with Crippen molar-refractivity contribution >= 4 is 5.69 Å². The SMILES string of the molecule is [CH]1[CH][CH][CH][CH]1.[CH]1[CH][CH][C](CNc2ccccc2)[CH]1.[Fe+2]. The van der Waals surface area contributed by atoms with E-state index in [0.717, 1.165) is 6.54 Å². The Morgan fingerprint density at radius 3 is 1.74 bits per heavy atom. The van der Waals surface area contributed by atoms with Crippen LogP contribution in [0.4, 0.5) is 5.69 Å². The van der Waals surface area contributed by atoms with Crippen LogP contribution in [0.2, 0.25) is 0 Å². The van der Waals surface area contributed by atoms with E-state index in [0.29, 0.717) is 0 Å². The monoisotopic (exact) mass is 291 g/mol. The Bertz CT molecular complexity index is 295. The van der Waals surface area contributed by atoms with Crippen LogP contribution in [0.15, 0.2) is 30.3 Å². The Kier molecular flexibility index (Phi) is 9.03. The zero-order chi connectivity index (χ0) is 12.5. The van der Waals surface area contributed by atoms with Crippen LogP contribution >= 0.6 is 0 Å². The van der Waals surface area contributed by atoms with Gasteiger partial charge in [-0.2, -0.15) is 0 Å². The van der Waals surface area contributed by atoms with Gasteiger partial charge in [0.05, 0.1) is 0 Å². The summed E-state index contributed by atoms with van der Waals surface area (Å²) in [5.41, 5.74) is 1.17. The third kappa shape index (κ3) is 7.03. The van der Waals surface area contributed by atoms with Crippen molar-refractivity contribution in [2.24, 2.45) is 0 Å². The van der Waals surface area contributed by atoms with Gasteiger partial charge in [0.25, 0.3) is 0 Å². The molecule has 2 fully saturated rings. The average molecular weight is 291 g/mol. The number of hydrogen-bond acceptors (Lipinski definition) is 1. The van der Waals surface area contributed by atoms with Gasteiger partial charge in [0, 0.05) is 18.2 Å². The summed E-state index contributed by atoms with van der Waals surface area (Å²) < 4.78 is 0. The minimum absolute atomic E-state index is 0. The Morgan fingerprint density at radius 1 is 0.684 bits per heavy atom. The van der Waals surface area contributed by atoms with E-state index in [9.17, 15) is 0 Å². The number of benzene rings is 1. The first-order valence-corrected chi connectivity index (χ1v) is 6.11. The van der Waals surface area contributed by atoms with Gasteiger partial charge in [-0.3, -0.25) is 0 Å². The van der Waals surface area contributed by atoms with Gasteiger partial charge in [0.1, 0.15) is 0 Å². The fourth-order valence-corrected chi connectivity index (χ4v) is 1.61. The second-order valence-corrected chi connectivity index (χ2v) is 3.97. The molecular weight excluding hydrogens is 274 g/mol. The first kappa shape index (κ1) is 16.6. The minimum Gasteiger partial charge on any atom is -0.384 e. The summed E-state index contributed by atoms with van der Waals surface area (Å²) in [5, 5.41) is 3.35. The predicted molar refractivity (Wildman–Crippen MR) is 76.9 cm³/mol. The maximum Gasteiger partial charge on any atom is 2.00 e. The largest absolute Gasteiger partial charge is 2.00 e. The molecule has 0 amide bonds. The van der Waals surface area contributed by atoms with Crippen LogP contribution in [0.5, 0.6) is 0 Å². The van der Waals surface area contributed by atoms with Crippen molar-refractivity contribution in [3.05, 3.63) is 94.0 Å². The molecule has 0 spiro atoms. The normalized spacial score (nSPS) is 18.3. The first-order valence-electron chi connectivity index (χ1n) is 6.11. The molecule has 0 bridgehead atoms. The third-order valence-electron chi connectivity index (χ3n) is 2.56. The van der Waals surface area contributed by atoms with E-state index >= 15 is 0 Å². The van der Waals surface area contributed by atoms with E-state index < -0.39 is 0 Å². The second kappa shape index (κ2) is 10.3. The molecule has 1 N–H and O–H groups in total. The molecule has 1 aromatic rings. The maximum absolute atomic E-state index is 3.35. The second-order valence-electron chi connectivity index (χ2n) is 3.97. The van der Waals surface area contributed by atoms with E-state index in [1.54, 1.807) is 0 Å². The molecule has 96 valence electrons. The molecule has 19 heavy (non-hydrogen) atoms. The standard InChI is InChI=1S/C12H12N.C5H5.Fe/c1-2-8-12(9-3-1)13-10-11-6-4-5-7-11;1-2-4-5-3-1;/h1-9,13H,10H2;1-5H;/q;;+2. The molecule has 3 rings (SSSR count). The number of anilines is 1. The van der Waals surface area contributed by atoms with E-state index in [1.807, 2.05) is 50.3 Å². The van der Waals surface area contributed by atoms with E-state index in [-0.39, 0.29) is 17.1 Å². The predicted octanol–water partition coefficient (Wildman–Crippen LogP) is 3.52. The van der Waals surface area contributed by atoms with Crippen molar-refractivity contribution in [1.82, 2.24) is 0 Å². The fourth-order valence-electron chi connectivity index (χ4n) is 1.61. The van der Waals surface area contributed by atoms with Crippen LogP contribution in [-0.2, 0) is 17.1 Å². The quantitative estimate of drug-likeness (QED) is 0.840. The van der Waals surface area contributed by atoms with Crippen LogP contribution in [0.3, 0.4) is 0 Å². The number of rotatable bonds is 3. The van der Waals surface area contributed by atoms with Gasteiger partial charge in [-0.15, -0.1) is 0 Å². The number of nitrogens with one attached hydrogen (secondary N) is 1. The zero-order valence-corrected chi connectivity index (χ0v) is 11.7. The number of para-hydroxylation sites is 1. The van der Waals surface area contributed by atoms with Gasteiger partial charge >= 0.3 is 17.1 Å². The molecule has 1 aromatic carbocycles. The van der Waals surface area contributed by atoms with Gasteiger partial charge in [-0.25, -0.2) is 0 Å². The molecule has 0 unspecified atom stereocenters. The van der Waals surface area contributed by atoms with Crippen molar-refractivity contribution in [2.45, 2.75) is 0 Å². The molecule has 2 aliphatic rings. The summed E-state index contributed by atoms with van der Waals surface area (Å²) in [7, 11) is 0. The van der Waals surface area contributed by atoms with E-state index in [1.165, 1.54) is 11.6 Å². The molecule has 0 saturated heterocycles. The van der Waals surface area contributed by atoms with Crippen LogP contribution in [-0.4, -0.2) is 6.54 Å². The minimum atomic E-state index is 0. The molecule has 2 aliphatic carbocycles. The average Bonchev–Trinajstić information content (AvgIpc) is 3.13. The molecular formula is C17H17FeN+2. The molecule has 1 nitrogen and oxygen atoms in total. The summed E-state index contributed by atoms with van der Waals surface area (Å²) >= 11 is 0. The Balaban J connectivity index is 0.000000256. The Labute approximate surface area is 129 Å². The smallest absolute Gasteiger partial charge is 0.384 e. The van der Waals surface area contributed by atoms with Gasteiger partial charge in [0.15, 0.2) is 0 Å². The molecule has 10 radical (unpaired) electrons. The molecule has 2 saturated carbocycles. The summed E-state index contributed by atoms with van der Waals surface area (Å²) in [6, 6.07) is 10.2. The van der Waals surface area contributed by atoms with Crippen LogP contribution in [0.1, 0.15) is 0 Å². The van der Waals surface area contributed by atoms with Crippen LogP contribution in [0, 0.1) is 63.7 Å². The van der Waals surface area contributed by atoms with E-state index in [4.69, 9.17) is 0 Å². The summed E-state index contributed by atoms with van der Waals surface area (Å²) in [4.78, 5) is 0. The van der Waals surface area contributed by atoms with Crippen molar-refractivity contribution < 1.29 is 17.1 Å². The van der Waals surface area contributed by atoms with Crippen molar-refractivity contribution in [2.75, 3.05) is 11.9 Å². The van der Waals surface area contributed by atoms with Gasteiger partial charge < -0.3 is 5.32 Å². The van der Waals surface area contributed by atoms with Crippen LogP contribution in [0.25, 0.3) is 0 Å². The molecule has 0 heterocycles. The first-order chi connectivity index (χ1) is 8.95. The summed E-state index contributed by atoms with van der Waals surface area (Å²) in [5.74, 6) is 1.32. The Morgan fingerprint density at radius 2 is 1.21 bits per heavy atom. The molecule has 0 atom stereocenters. The molecule has 2 heteroatoms. The summed E-state index contributed by atoms with van der Waals surface area (Å²) in [6.07, 6.45) is 18.4. The van der Waals surface area contributed by atoms with Crippen LogP contribution < -0.4 is 5.32 Å². The molecule has 0 aliphatic heterocycles. The summed E-state index contributed by atoms with van der Waals surface area (Å²) in [6.45, 7) is 0.900.